The Hall–Kier alpha value is -4.04. The Balaban J connectivity index is 1.48. The largest absolute Gasteiger partial charge is 0.352 e. The lowest BCUT2D eigenvalue weighted by Gasteiger charge is -2.08. The molecule has 2 aromatic carbocycles. The van der Waals surface area contributed by atoms with Crippen molar-refractivity contribution in [2.75, 3.05) is 6.54 Å². The average Bonchev–Trinajstić information content (AvgIpc) is 3.21. The van der Waals surface area contributed by atoms with E-state index in [1.54, 1.807) is 29.1 Å². The summed E-state index contributed by atoms with van der Waals surface area (Å²) < 4.78 is 2.83. The van der Waals surface area contributed by atoms with Crippen LogP contribution in [-0.2, 0) is 6.54 Å². The van der Waals surface area contributed by atoms with Crippen LogP contribution < -0.4 is 10.0 Å². The first-order valence-corrected chi connectivity index (χ1v) is 10.8. The number of rotatable bonds is 5. The maximum atomic E-state index is 12.1. The second-order valence-electron chi connectivity index (χ2n) is 7.59. The van der Waals surface area contributed by atoms with Gasteiger partial charge in [-0.15, -0.1) is 5.10 Å². The predicted molar refractivity (Wildman–Crippen MR) is 124 cm³/mol. The molecule has 0 aliphatic rings. The molecule has 5 rings (SSSR count). The molecule has 0 unspecified atom stereocenters. The highest BCUT2D eigenvalue weighted by molar-refractivity contribution is 6.34. The molecule has 3 aromatic heterocycles. The van der Waals surface area contributed by atoms with Gasteiger partial charge in [0.05, 0.1) is 28.2 Å². The molecule has 2 N–H and O–H groups in total. The van der Waals surface area contributed by atoms with Crippen molar-refractivity contribution in [3.05, 3.63) is 83.0 Å². The number of amides is 1. The number of benzene rings is 2. The Kier molecular flexibility index (Phi) is 5.35. The number of aromatic nitrogens is 5. The fourth-order valence-electron chi connectivity index (χ4n) is 3.76. The van der Waals surface area contributed by atoms with Crippen LogP contribution in [0, 0.1) is 0 Å². The van der Waals surface area contributed by atoms with E-state index in [2.05, 4.69) is 15.6 Å². The summed E-state index contributed by atoms with van der Waals surface area (Å²) >= 11 is 6.37. The van der Waals surface area contributed by atoms with Crippen LogP contribution >= 0.6 is 11.6 Å². The zero-order chi connectivity index (χ0) is 22.9. The smallest absolute Gasteiger partial charge is 0.264 e. The molecule has 33 heavy (non-hydrogen) atoms. The monoisotopic (exact) mass is 459 g/mol. The summed E-state index contributed by atoms with van der Waals surface area (Å²) in [6.45, 7) is 2.86. The summed E-state index contributed by atoms with van der Waals surface area (Å²) in [5.41, 5.74) is 4.96. The molecule has 0 spiro atoms. The van der Waals surface area contributed by atoms with Gasteiger partial charge in [-0.2, -0.15) is 0 Å². The number of carbonyl (C=O) groups is 1. The molecule has 0 aliphatic carbocycles. The van der Waals surface area contributed by atoms with Gasteiger partial charge in [-0.3, -0.25) is 10.0 Å². The Morgan fingerprint density at radius 1 is 1.15 bits per heavy atom. The first-order valence-electron chi connectivity index (χ1n) is 10.4. The lowest BCUT2D eigenvalue weighted by molar-refractivity contribution is -0.884. The van der Waals surface area contributed by atoms with E-state index in [0.29, 0.717) is 40.5 Å². The summed E-state index contributed by atoms with van der Waals surface area (Å²) in [7, 11) is 0. The van der Waals surface area contributed by atoms with Gasteiger partial charge in [0, 0.05) is 29.0 Å². The lowest BCUT2D eigenvalue weighted by atomic mass is 10.1. The van der Waals surface area contributed by atoms with Crippen molar-refractivity contribution >= 4 is 39.6 Å². The fraction of sp³-hybridized carbons (Fsp3) is 0.125. The van der Waals surface area contributed by atoms with Crippen LogP contribution in [0.1, 0.15) is 22.8 Å². The second-order valence-corrected chi connectivity index (χ2v) is 7.99. The minimum absolute atomic E-state index is 0.207. The van der Waals surface area contributed by atoms with E-state index in [1.807, 2.05) is 49.4 Å². The number of nitrogens with zero attached hydrogens (tertiary/aromatic N) is 5. The van der Waals surface area contributed by atoms with Crippen LogP contribution in [0.4, 0.5) is 0 Å². The molecule has 9 heteroatoms. The third-order valence-electron chi connectivity index (χ3n) is 5.38. The van der Waals surface area contributed by atoms with Crippen molar-refractivity contribution in [3.63, 3.8) is 0 Å². The van der Waals surface area contributed by atoms with E-state index in [0.717, 1.165) is 26.8 Å². The molecular formula is C24H20ClN6O2+. The van der Waals surface area contributed by atoms with E-state index < -0.39 is 0 Å². The Morgan fingerprint density at radius 3 is 2.85 bits per heavy atom. The number of fused-ring (bicyclic) bond motifs is 2. The summed E-state index contributed by atoms with van der Waals surface area (Å²) in [4.78, 5) is 16.9. The average molecular weight is 460 g/mol. The van der Waals surface area contributed by atoms with Crippen LogP contribution in [-0.4, -0.2) is 37.6 Å². The Labute approximate surface area is 194 Å². The number of hydrogen-bond donors (Lipinski definition) is 2. The summed E-state index contributed by atoms with van der Waals surface area (Å²) in [5, 5.41) is 22.5. The number of carbonyl (C=O) groups excluding carboxylic acids is 1. The molecule has 0 radical (unpaired) electrons. The van der Waals surface area contributed by atoms with Crippen molar-refractivity contribution in [3.8, 4) is 11.3 Å². The van der Waals surface area contributed by atoms with Crippen molar-refractivity contribution in [1.82, 2.24) is 25.3 Å². The molecule has 0 atom stereocenters. The molecule has 0 bridgehead atoms. The number of nitrogens with one attached hydrogen (secondary N) is 1. The maximum Gasteiger partial charge on any atom is 0.264 e. The molecule has 1 amide bonds. The van der Waals surface area contributed by atoms with Crippen molar-refractivity contribution in [2.45, 2.75) is 13.5 Å². The Bertz CT molecular complexity index is 1510. The molecule has 164 valence electrons. The fourth-order valence-corrected chi connectivity index (χ4v) is 4.03. The molecule has 8 nitrogen and oxygen atoms in total. The van der Waals surface area contributed by atoms with Gasteiger partial charge in [0.1, 0.15) is 5.52 Å². The van der Waals surface area contributed by atoms with Crippen LogP contribution in [0.2, 0.25) is 5.02 Å². The van der Waals surface area contributed by atoms with Gasteiger partial charge in [-0.1, -0.05) is 28.9 Å². The highest BCUT2D eigenvalue weighted by Crippen LogP contribution is 2.26. The van der Waals surface area contributed by atoms with Crippen LogP contribution in [0.3, 0.4) is 0 Å². The van der Waals surface area contributed by atoms with Crippen molar-refractivity contribution < 1.29 is 14.7 Å². The van der Waals surface area contributed by atoms with Gasteiger partial charge < -0.3 is 5.32 Å². The van der Waals surface area contributed by atoms with E-state index in [9.17, 15) is 10.0 Å². The second kappa shape index (κ2) is 8.48. The minimum Gasteiger partial charge on any atom is -0.352 e. The van der Waals surface area contributed by atoms with E-state index in [4.69, 9.17) is 16.6 Å². The van der Waals surface area contributed by atoms with Crippen molar-refractivity contribution in [1.29, 1.82) is 0 Å². The van der Waals surface area contributed by atoms with E-state index in [-0.39, 0.29) is 5.91 Å². The van der Waals surface area contributed by atoms with Gasteiger partial charge in [0.25, 0.3) is 11.4 Å². The molecule has 0 saturated carbocycles. The quantitative estimate of drug-likeness (QED) is 0.309. The zero-order valence-electron chi connectivity index (χ0n) is 17.7. The molecule has 0 fully saturated rings. The number of hydrogen-bond acceptors (Lipinski definition) is 5. The van der Waals surface area contributed by atoms with Gasteiger partial charge >= 0.3 is 0 Å². The zero-order valence-corrected chi connectivity index (χ0v) is 18.5. The highest BCUT2D eigenvalue weighted by atomic mass is 35.5. The molecule has 0 saturated heterocycles. The van der Waals surface area contributed by atoms with Gasteiger partial charge in [-0.05, 0) is 48.9 Å². The third kappa shape index (κ3) is 3.96. The first-order chi connectivity index (χ1) is 16.0. The predicted octanol–water partition coefficient (Wildman–Crippen LogP) is 3.62. The summed E-state index contributed by atoms with van der Waals surface area (Å²) in [5.74, 6) is -0.207. The van der Waals surface area contributed by atoms with Crippen LogP contribution in [0.25, 0.3) is 33.3 Å². The van der Waals surface area contributed by atoms with Gasteiger partial charge in [-0.25, -0.2) is 9.67 Å². The van der Waals surface area contributed by atoms with Gasteiger partial charge in [0.2, 0.25) is 6.20 Å². The third-order valence-corrected chi connectivity index (χ3v) is 5.69. The molecule has 5 aromatic rings. The minimum atomic E-state index is -0.207. The SMILES string of the molecule is CCNC(=O)c1ccc(-c2ccc3nnn(Cc4ccc5c(ccc[n+]5O)c4)c3n2)cc1Cl. The normalized spacial score (nSPS) is 11.2. The van der Waals surface area contributed by atoms with E-state index >= 15 is 0 Å². The van der Waals surface area contributed by atoms with Crippen LogP contribution in [0.15, 0.2) is 66.9 Å². The number of halogens is 1. The molecule has 3 heterocycles. The summed E-state index contributed by atoms with van der Waals surface area (Å²) in [6.07, 6.45) is 1.59. The lowest BCUT2D eigenvalue weighted by Crippen LogP contribution is -2.29. The summed E-state index contributed by atoms with van der Waals surface area (Å²) in [6, 6.07) is 18.5. The highest BCUT2D eigenvalue weighted by Gasteiger charge is 2.14. The molecular weight excluding hydrogens is 440 g/mol. The first kappa shape index (κ1) is 20.8. The topological polar surface area (TPSA) is 96.8 Å². The van der Waals surface area contributed by atoms with Crippen molar-refractivity contribution in [2.24, 2.45) is 0 Å². The number of pyridine rings is 2. The Morgan fingerprint density at radius 2 is 2.03 bits per heavy atom. The van der Waals surface area contributed by atoms with E-state index in [1.165, 1.54) is 0 Å². The van der Waals surface area contributed by atoms with Crippen LogP contribution in [0.5, 0.6) is 0 Å². The standard InChI is InChI=1S/C24H19ClN6O2/c1-2-26-24(32)18-7-6-16(13-19(18)25)20-8-9-21-23(27-20)30(29-28-21)14-15-5-10-22-17(12-15)4-3-11-31(22)33/h3-13H,2,14H2,1H3,(H-,26,32,33)/p+1. The maximum absolute atomic E-state index is 12.1. The molecule has 0 aliphatic heterocycles. The van der Waals surface area contributed by atoms with Gasteiger partial charge in [0.15, 0.2) is 5.65 Å².